The molecule has 1 aliphatic carbocycles. The molecule has 0 heterocycles. The number of carbonyl (C=O) groups is 2. The Balaban J connectivity index is 3.07. The van der Waals surface area contributed by atoms with Gasteiger partial charge in [0.15, 0.2) is 11.6 Å². The Hall–Kier alpha value is -0.630. The maximum atomic E-state index is 11.9. The van der Waals surface area contributed by atoms with Crippen LogP contribution in [0.4, 0.5) is 0 Å². The molecule has 0 spiro atoms. The van der Waals surface area contributed by atoms with E-state index in [0.29, 0.717) is 17.9 Å². The normalized spacial score (nSPS) is 18.7. The number of allylic oxidation sites excluding steroid dienone is 2. The van der Waals surface area contributed by atoms with Gasteiger partial charge in [-0.05, 0) is 12.8 Å². The Labute approximate surface area is 89.3 Å². The minimum atomic E-state index is -0.525. The highest BCUT2D eigenvalue weighted by Crippen LogP contribution is 2.30. The summed E-state index contributed by atoms with van der Waals surface area (Å²) in [4.78, 5) is 23.4. The number of Topliss-reactive ketones (excluding diaryl/α,β-unsaturated/α-hetero) is 2. The van der Waals surface area contributed by atoms with Crippen LogP contribution in [-0.4, -0.2) is 11.6 Å². The van der Waals surface area contributed by atoms with Crippen LogP contribution in [-0.2, 0) is 9.59 Å². The summed E-state index contributed by atoms with van der Waals surface area (Å²) in [7, 11) is 0. The van der Waals surface area contributed by atoms with E-state index in [1.165, 1.54) is 0 Å². The number of carbonyl (C=O) groups excluding carboxylic acids is 2. The van der Waals surface area contributed by atoms with Gasteiger partial charge in [-0.1, -0.05) is 32.4 Å². The van der Waals surface area contributed by atoms with Gasteiger partial charge in [-0.3, -0.25) is 9.59 Å². The Morgan fingerprint density at radius 2 is 1.86 bits per heavy atom. The van der Waals surface area contributed by atoms with Crippen molar-refractivity contribution in [2.24, 2.45) is 5.41 Å². The highest BCUT2D eigenvalue weighted by molar-refractivity contribution is 6.37. The molecule has 0 radical (unpaired) electrons. The smallest absolute Gasteiger partial charge is 0.172 e. The maximum Gasteiger partial charge on any atom is 0.172 e. The summed E-state index contributed by atoms with van der Waals surface area (Å²) in [6.07, 6.45) is 1.87. The van der Waals surface area contributed by atoms with Crippen molar-refractivity contribution >= 4 is 23.2 Å². The lowest BCUT2D eigenvalue weighted by Crippen LogP contribution is -2.28. The van der Waals surface area contributed by atoms with Crippen molar-refractivity contribution in [2.45, 2.75) is 40.0 Å². The van der Waals surface area contributed by atoms with Crippen LogP contribution < -0.4 is 0 Å². The van der Waals surface area contributed by atoms with Crippen molar-refractivity contribution in [3.8, 4) is 0 Å². The Morgan fingerprint density at radius 1 is 1.29 bits per heavy atom. The fourth-order valence-corrected chi connectivity index (χ4v) is 1.76. The largest absolute Gasteiger partial charge is 0.294 e. The molecule has 0 aromatic heterocycles. The first kappa shape index (κ1) is 11.4. The molecule has 0 fully saturated rings. The van der Waals surface area contributed by atoms with Gasteiger partial charge in [0.05, 0.1) is 5.57 Å². The van der Waals surface area contributed by atoms with Gasteiger partial charge in [0.2, 0.25) is 0 Å². The number of hydrogen-bond acceptors (Lipinski definition) is 2. The second-order valence-electron chi connectivity index (χ2n) is 4.64. The molecule has 2 nitrogen and oxygen atoms in total. The second-order valence-corrected chi connectivity index (χ2v) is 5.09. The quantitative estimate of drug-likeness (QED) is 0.629. The van der Waals surface area contributed by atoms with E-state index < -0.39 is 5.41 Å². The van der Waals surface area contributed by atoms with E-state index in [1.807, 2.05) is 0 Å². The molecule has 78 valence electrons. The predicted octanol–water partition coefficient (Wildman–Crippen LogP) is 2.85. The van der Waals surface area contributed by atoms with Gasteiger partial charge in [0.1, 0.15) is 0 Å². The number of ketones is 2. The molecule has 0 aromatic rings. The van der Waals surface area contributed by atoms with Crippen LogP contribution in [0.5, 0.6) is 0 Å². The van der Waals surface area contributed by atoms with Crippen LogP contribution in [0.2, 0.25) is 0 Å². The topological polar surface area (TPSA) is 34.1 Å². The molecule has 1 aliphatic rings. The SMILES string of the molecule is CC(C)(C)C(=O)C1=C(Cl)CCCC1=O. The Kier molecular flexibility index (Phi) is 3.15. The molecule has 0 atom stereocenters. The third kappa shape index (κ3) is 2.24. The van der Waals surface area contributed by atoms with Crippen molar-refractivity contribution in [3.63, 3.8) is 0 Å². The molecule has 0 bridgehead atoms. The Bertz CT molecular complexity index is 308. The van der Waals surface area contributed by atoms with Gasteiger partial charge in [0.25, 0.3) is 0 Å². The third-order valence-electron chi connectivity index (χ3n) is 2.26. The summed E-state index contributed by atoms with van der Waals surface area (Å²) >= 11 is 5.92. The van der Waals surface area contributed by atoms with Gasteiger partial charge in [0, 0.05) is 16.9 Å². The molecule has 1 rings (SSSR count). The monoisotopic (exact) mass is 214 g/mol. The Morgan fingerprint density at radius 3 is 2.29 bits per heavy atom. The lowest BCUT2D eigenvalue weighted by atomic mass is 9.82. The van der Waals surface area contributed by atoms with E-state index >= 15 is 0 Å². The highest BCUT2D eigenvalue weighted by atomic mass is 35.5. The van der Waals surface area contributed by atoms with Crippen molar-refractivity contribution < 1.29 is 9.59 Å². The van der Waals surface area contributed by atoms with E-state index in [2.05, 4.69) is 0 Å². The summed E-state index contributed by atoms with van der Waals surface area (Å²) in [6, 6.07) is 0. The lowest BCUT2D eigenvalue weighted by Gasteiger charge is -2.21. The summed E-state index contributed by atoms with van der Waals surface area (Å²) in [5, 5.41) is 0.446. The van der Waals surface area contributed by atoms with E-state index in [0.717, 1.165) is 6.42 Å². The summed E-state index contributed by atoms with van der Waals surface area (Å²) in [5.74, 6) is -0.228. The molecule has 0 aliphatic heterocycles. The molecule has 14 heavy (non-hydrogen) atoms. The maximum absolute atomic E-state index is 11.9. The van der Waals surface area contributed by atoms with Crippen molar-refractivity contribution in [1.82, 2.24) is 0 Å². The van der Waals surface area contributed by atoms with Crippen molar-refractivity contribution in [1.29, 1.82) is 0 Å². The first-order valence-electron chi connectivity index (χ1n) is 4.80. The van der Waals surface area contributed by atoms with Crippen molar-refractivity contribution in [2.75, 3.05) is 0 Å². The van der Waals surface area contributed by atoms with Crippen LogP contribution in [0.1, 0.15) is 40.0 Å². The zero-order chi connectivity index (χ0) is 10.9. The fraction of sp³-hybridized carbons (Fsp3) is 0.636. The fourth-order valence-electron chi connectivity index (χ4n) is 1.43. The average molecular weight is 215 g/mol. The lowest BCUT2D eigenvalue weighted by molar-refractivity contribution is -0.126. The first-order valence-corrected chi connectivity index (χ1v) is 5.18. The molecular weight excluding hydrogens is 200 g/mol. The second kappa shape index (κ2) is 3.85. The van der Waals surface area contributed by atoms with Gasteiger partial charge >= 0.3 is 0 Å². The molecule has 0 saturated carbocycles. The summed E-state index contributed by atoms with van der Waals surface area (Å²) in [6.45, 7) is 5.40. The zero-order valence-corrected chi connectivity index (χ0v) is 9.57. The van der Waals surface area contributed by atoms with Gasteiger partial charge in [-0.25, -0.2) is 0 Å². The molecule has 0 unspecified atom stereocenters. The highest BCUT2D eigenvalue weighted by Gasteiger charge is 2.32. The molecular formula is C11H15ClO2. The third-order valence-corrected chi connectivity index (χ3v) is 2.64. The van der Waals surface area contributed by atoms with E-state index in [1.54, 1.807) is 20.8 Å². The van der Waals surface area contributed by atoms with E-state index in [4.69, 9.17) is 11.6 Å². The van der Waals surface area contributed by atoms with E-state index in [9.17, 15) is 9.59 Å². The molecule has 0 N–H and O–H groups in total. The van der Waals surface area contributed by atoms with Crippen LogP contribution in [0.15, 0.2) is 10.6 Å². The van der Waals surface area contributed by atoms with Crippen molar-refractivity contribution in [3.05, 3.63) is 10.6 Å². The van der Waals surface area contributed by atoms with Gasteiger partial charge in [-0.15, -0.1) is 0 Å². The minimum absolute atomic E-state index is 0.0961. The summed E-state index contributed by atoms with van der Waals surface area (Å²) < 4.78 is 0. The molecule has 0 amide bonds. The number of halogens is 1. The van der Waals surface area contributed by atoms with Gasteiger partial charge in [-0.2, -0.15) is 0 Å². The van der Waals surface area contributed by atoms with Crippen LogP contribution in [0, 0.1) is 5.41 Å². The first-order chi connectivity index (χ1) is 6.34. The predicted molar refractivity (Wildman–Crippen MR) is 56.2 cm³/mol. The number of hydrogen-bond donors (Lipinski definition) is 0. The zero-order valence-electron chi connectivity index (χ0n) is 8.82. The van der Waals surface area contributed by atoms with E-state index in [-0.39, 0.29) is 17.1 Å². The van der Waals surface area contributed by atoms with Crippen LogP contribution in [0.25, 0.3) is 0 Å². The summed E-state index contributed by atoms with van der Waals surface area (Å²) in [5.41, 5.74) is -0.284. The molecule has 0 saturated heterocycles. The van der Waals surface area contributed by atoms with Crippen LogP contribution in [0.3, 0.4) is 0 Å². The molecule has 3 heteroatoms. The molecule has 0 aromatic carbocycles. The standard InChI is InChI=1S/C11H15ClO2/c1-11(2,3)10(14)9-7(12)5-4-6-8(9)13/h4-6H2,1-3H3. The van der Waals surface area contributed by atoms with Crippen LogP contribution >= 0.6 is 11.6 Å². The minimum Gasteiger partial charge on any atom is -0.294 e. The average Bonchev–Trinajstić information content (AvgIpc) is 2.01. The van der Waals surface area contributed by atoms with Gasteiger partial charge < -0.3 is 0 Å². The number of rotatable bonds is 1.